The van der Waals surface area contributed by atoms with Gasteiger partial charge in [0, 0.05) is 59.5 Å². The smallest absolute Gasteiger partial charge is 0.193 e. The van der Waals surface area contributed by atoms with Gasteiger partial charge in [0.2, 0.25) is 0 Å². The SMILES string of the molecule is COc1cc(NO)cc2c1OC1(CC2/C=C2/N(Cc3ccccc3)c3ccccc3C2(C)C)N(Cc2ccccc2)c2ccccc2C1(C)C. The summed E-state index contributed by atoms with van der Waals surface area (Å²) in [6.07, 6.45) is 3.16. The average Bonchev–Trinajstić information content (AvgIpc) is 3.45. The molecule has 50 heavy (non-hydrogen) atoms. The molecular formula is C44H45N3O3. The highest BCUT2D eigenvalue weighted by Gasteiger charge is 2.62. The normalized spacial score (nSPS) is 21.8. The van der Waals surface area contributed by atoms with Gasteiger partial charge in [-0.25, -0.2) is 0 Å². The predicted octanol–water partition coefficient (Wildman–Crippen LogP) is 9.94. The lowest BCUT2D eigenvalue weighted by molar-refractivity contribution is -0.0177. The van der Waals surface area contributed by atoms with Gasteiger partial charge in [-0.2, -0.15) is 0 Å². The molecular weight excluding hydrogens is 619 g/mol. The largest absolute Gasteiger partial charge is 0.493 e. The summed E-state index contributed by atoms with van der Waals surface area (Å²) in [5.74, 6) is 1.21. The maximum absolute atomic E-state index is 10.2. The first-order valence-corrected chi connectivity index (χ1v) is 17.5. The molecule has 0 radical (unpaired) electrons. The van der Waals surface area contributed by atoms with Crippen molar-refractivity contribution in [2.45, 2.75) is 69.7 Å². The standard InChI is InChI=1S/C44H45N3O3/c1-42(2)35-20-12-14-22-37(35)46(28-30-16-8-6-9-17-30)40(42)24-32-27-44(50-41-34(32)25-33(45-48)26-39(41)49-5)43(3,4)36-21-13-15-23-38(36)47(44)29-31-18-10-7-11-19-31/h6-26,32,45,48H,27-29H2,1-5H3/b40-24+. The molecule has 5 aromatic carbocycles. The fourth-order valence-corrected chi connectivity index (χ4v) is 8.77. The number of anilines is 3. The first-order chi connectivity index (χ1) is 24.2. The summed E-state index contributed by atoms with van der Waals surface area (Å²) in [7, 11) is 1.67. The molecule has 2 atom stereocenters. The van der Waals surface area contributed by atoms with Gasteiger partial charge in [0.05, 0.1) is 18.2 Å². The third-order valence-corrected chi connectivity index (χ3v) is 11.4. The first-order valence-electron chi connectivity index (χ1n) is 17.5. The Morgan fingerprint density at radius 2 is 1.38 bits per heavy atom. The van der Waals surface area contributed by atoms with Gasteiger partial charge in [0.25, 0.3) is 0 Å². The number of nitrogens with one attached hydrogen (secondary N) is 1. The van der Waals surface area contributed by atoms with Crippen LogP contribution in [0, 0.1) is 0 Å². The quantitative estimate of drug-likeness (QED) is 0.169. The van der Waals surface area contributed by atoms with Gasteiger partial charge in [-0.15, -0.1) is 0 Å². The van der Waals surface area contributed by atoms with Crippen molar-refractivity contribution in [3.05, 3.63) is 161 Å². The molecule has 6 nitrogen and oxygen atoms in total. The number of ether oxygens (including phenoxy) is 2. The molecule has 3 aliphatic heterocycles. The fourth-order valence-electron chi connectivity index (χ4n) is 8.77. The molecule has 8 rings (SSSR count). The van der Waals surface area contributed by atoms with Crippen LogP contribution in [0.2, 0.25) is 0 Å². The van der Waals surface area contributed by atoms with Crippen molar-refractivity contribution in [3.8, 4) is 11.5 Å². The molecule has 2 N–H and O–H groups in total. The van der Waals surface area contributed by atoms with Crippen molar-refractivity contribution in [3.63, 3.8) is 0 Å². The maximum Gasteiger partial charge on any atom is 0.193 e. The molecule has 0 bridgehead atoms. The van der Waals surface area contributed by atoms with E-state index in [1.807, 2.05) is 12.1 Å². The van der Waals surface area contributed by atoms with Crippen LogP contribution in [0.5, 0.6) is 11.5 Å². The van der Waals surface area contributed by atoms with Gasteiger partial charge in [-0.1, -0.05) is 117 Å². The van der Waals surface area contributed by atoms with Crippen molar-refractivity contribution < 1.29 is 14.7 Å². The minimum Gasteiger partial charge on any atom is -0.493 e. The minimum atomic E-state index is -0.761. The monoisotopic (exact) mass is 663 g/mol. The molecule has 0 saturated carbocycles. The Hall–Kier alpha value is -5.20. The van der Waals surface area contributed by atoms with Crippen LogP contribution in [0.25, 0.3) is 0 Å². The molecule has 0 fully saturated rings. The van der Waals surface area contributed by atoms with E-state index in [1.54, 1.807) is 7.11 Å². The Kier molecular flexibility index (Phi) is 7.68. The highest BCUT2D eigenvalue weighted by Crippen LogP contribution is 2.61. The number of hydrogen-bond acceptors (Lipinski definition) is 6. The Bertz CT molecular complexity index is 2070. The van der Waals surface area contributed by atoms with Crippen LogP contribution in [0.15, 0.2) is 133 Å². The summed E-state index contributed by atoms with van der Waals surface area (Å²) >= 11 is 0. The second kappa shape index (κ2) is 12.0. The molecule has 0 aliphatic carbocycles. The Labute approximate surface area is 295 Å². The fraction of sp³-hybridized carbons (Fsp3) is 0.273. The zero-order chi connectivity index (χ0) is 34.7. The molecule has 0 saturated heterocycles. The lowest BCUT2D eigenvalue weighted by Crippen LogP contribution is -2.61. The van der Waals surface area contributed by atoms with E-state index in [0.717, 1.165) is 12.1 Å². The number of rotatable bonds is 7. The number of nitrogens with zero attached hydrogens (tertiary/aromatic N) is 2. The predicted molar refractivity (Wildman–Crippen MR) is 201 cm³/mol. The molecule has 254 valence electrons. The molecule has 6 heteroatoms. The summed E-state index contributed by atoms with van der Waals surface area (Å²) in [5.41, 5.74) is 11.2. The lowest BCUT2D eigenvalue weighted by Gasteiger charge is -2.52. The van der Waals surface area contributed by atoms with E-state index in [9.17, 15) is 5.21 Å². The van der Waals surface area contributed by atoms with Crippen LogP contribution in [-0.4, -0.2) is 18.0 Å². The highest BCUT2D eigenvalue weighted by molar-refractivity contribution is 5.73. The summed E-state index contributed by atoms with van der Waals surface area (Å²) in [5, 5.41) is 10.2. The van der Waals surface area contributed by atoms with Gasteiger partial charge in [0.1, 0.15) is 0 Å². The van der Waals surface area contributed by atoms with Crippen molar-refractivity contribution in [1.29, 1.82) is 0 Å². The van der Waals surface area contributed by atoms with E-state index in [4.69, 9.17) is 9.47 Å². The molecule has 5 aromatic rings. The van der Waals surface area contributed by atoms with Gasteiger partial charge >= 0.3 is 0 Å². The number of allylic oxidation sites excluding steroid dienone is 2. The van der Waals surface area contributed by atoms with Gasteiger partial charge in [-0.05, 0) is 54.3 Å². The molecule has 2 unspecified atom stereocenters. The zero-order valence-electron chi connectivity index (χ0n) is 29.5. The molecule has 3 aliphatic rings. The van der Waals surface area contributed by atoms with Crippen LogP contribution in [0.4, 0.5) is 17.1 Å². The van der Waals surface area contributed by atoms with Crippen molar-refractivity contribution in [1.82, 2.24) is 0 Å². The summed E-state index contributed by atoms with van der Waals surface area (Å²) in [6.45, 7) is 10.8. The Morgan fingerprint density at radius 3 is 2.04 bits per heavy atom. The van der Waals surface area contributed by atoms with E-state index in [2.05, 4.69) is 158 Å². The van der Waals surface area contributed by atoms with E-state index >= 15 is 0 Å². The Balaban J connectivity index is 1.35. The summed E-state index contributed by atoms with van der Waals surface area (Å²) in [4.78, 5) is 4.98. The number of para-hydroxylation sites is 2. The van der Waals surface area contributed by atoms with Crippen LogP contribution in [-0.2, 0) is 23.9 Å². The van der Waals surface area contributed by atoms with Crippen molar-refractivity contribution in [2.75, 3.05) is 22.4 Å². The summed E-state index contributed by atoms with van der Waals surface area (Å²) < 4.78 is 13.5. The van der Waals surface area contributed by atoms with Crippen molar-refractivity contribution in [2.24, 2.45) is 0 Å². The second-order valence-electron chi connectivity index (χ2n) is 14.9. The first kappa shape index (κ1) is 32.0. The summed E-state index contributed by atoms with van der Waals surface area (Å²) in [6, 6.07) is 42.7. The molecule has 0 aromatic heterocycles. The van der Waals surface area contributed by atoms with Crippen LogP contribution >= 0.6 is 0 Å². The topological polar surface area (TPSA) is 57.2 Å². The van der Waals surface area contributed by atoms with Gasteiger partial charge in [0.15, 0.2) is 17.2 Å². The third kappa shape index (κ3) is 4.88. The molecule has 3 heterocycles. The van der Waals surface area contributed by atoms with E-state index in [1.165, 1.54) is 39.3 Å². The maximum atomic E-state index is 10.2. The number of fused-ring (bicyclic) bond motifs is 3. The number of benzene rings is 5. The molecule has 1 spiro atoms. The number of methoxy groups -OCH3 is 1. The second-order valence-corrected chi connectivity index (χ2v) is 14.9. The zero-order valence-corrected chi connectivity index (χ0v) is 29.5. The Morgan fingerprint density at radius 1 is 0.780 bits per heavy atom. The van der Waals surface area contributed by atoms with Crippen LogP contribution < -0.4 is 24.8 Å². The van der Waals surface area contributed by atoms with E-state index < -0.39 is 11.1 Å². The minimum absolute atomic E-state index is 0.0883. The highest BCUT2D eigenvalue weighted by atomic mass is 16.5. The van der Waals surface area contributed by atoms with Crippen LogP contribution in [0.3, 0.4) is 0 Å². The van der Waals surface area contributed by atoms with E-state index in [-0.39, 0.29) is 11.3 Å². The average molecular weight is 664 g/mol. The molecule has 0 amide bonds. The van der Waals surface area contributed by atoms with Crippen LogP contribution in [0.1, 0.15) is 67.9 Å². The van der Waals surface area contributed by atoms with Crippen molar-refractivity contribution >= 4 is 17.1 Å². The number of hydrogen-bond donors (Lipinski definition) is 2. The van der Waals surface area contributed by atoms with Gasteiger partial charge in [-0.3, -0.25) is 10.7 Å². The lowest BCUT2D eigenvalue weighted by atomic mass is 9.70. The van der Waals surface area contributed by atoms with Gasteiger partial charge < -0.3 is 19.3 Å². The third-order valence-electron chi connectivity index (χ3n) is 11.4. The van der Waals surface area contributed by atoms with E-state index in [0.29, 0.717) is 30.2 Å².